The molecule has 4 rings (SSSR count). The van der Waals surface area contributed by atoms with E-state index in [4.69, 9.17) is 0 Å². The lowest BCUT2D eigenvalue weighted by Gasteiger charge is -2.25. The predicted molar refractivity (Wildman–Crippen MR) is 88.9 cm³/mol. The maximum Gasteiger partial charge on any atom is 0.262 e. The number of thiophene rings is 1. The third kappa shape index (κ3) is 2.60. The van der Waals surface area contributed by atoms with E-state index in [2.05, 4.69) is 20.5 Å². The van der Waals surface area contributed by atoms with Gasteiger partial charge in [0.05, 0.1) is 11.7 Å². The van der Waals surface area contributed by atoms with Gasteiger partial charge in [-0.25, -0.2) is 4.98 Å². The number of carbonyl (C=O) groups is 1. The quantitative estimate of drug-likeness (QED) is 0.746. The molecule has 3 aromatic heterocycles. The second-order valence-electron chi connectivity index (χ2n) is 5.89. The minimum absolute atomic E-state index is 0.0215. The number of nitrogens with one attached hydrogen (secondary N) is 1. The van der Waals surface area contributed by atoms with Crippen molar-refractivity contribution in [1.29, 1.82) is 0 Å². The highest BCUT2D eigenvalue weighted by Crippen LogP contribution is 2.15. The molecule has 0 saturated heterocycles. The Bertz CT molecular complexity index is 972. The summed E-state index contributed by atoms with van der Waals surface area (Å²) in [6.07, 6.45) is 3.04. The van der Waals surface area contributed by atoms with Gasteiger partial charge in [0, 0.05) is 19.0 Å². The summed E-state index contributed by atoms with van der Waals surface area (Å²) in [7, 11) is 0. The lowest BCUT2D eigenvalue weighted by Crippen LogP contribution is -2.43. The predicted octanol–water partition coefficient (Wildman–Crippen LogP) is 0.489. The lowest BCUT2D eigenvalue weighted by molar-refractivity contribution is -0.122. The van der Waals surface area contributed by atoms with Crippen LogP contribution in [0.25, 0.3) is 10.2 Å². The lowest BCUT2D eigenvalue weighted by atomic mass is 10.1. The topological polar surface area (TPSA) is 94.7 Å². The molecule has 124 valence electrons. The van der Waals surface area contributed by atoms with Crippen LogP contribution in [0, 0.1) is 6.92 Å². The number of amides is 1. The number of fused-ring (bicyclic) bond motifs is 2. The van der Waals surface area contributed by atoms with Gasteiger partial charge >= 0.3 is 0 Å². The molecule has 0 fully saturated rings. The third-order valence-corrected chi connectivity index (χ3v) is 5.08. The molecule has 1 atom stereocenters. The zero-order chi connectivity index (χ0) is 16.7. The fourth-order valence-corrected chi connectivity index (χ4v) is 3.74. The molecule has 1 N–H and O–H groups in total. The number of aromatic nitrogens is 5. The molecule has 0 spiro atoms. The number of rotatable bonds is 3. The van der Waals surface area contributed by atoms with E-state index in [9.17, 15) is 9.59 Å². The first-order valence-corrected chi connectivity index (χ1v) is 8.60. The first-order valence-electron chi connectivity index (χ1n) is 7.72. The molecule has 1 aliphatic heterocycles. The summed E-state index contributed by atoms with van der Waals surface area (Å²) >= 11 is 1.41. The second kappa shape index (κ2) is 5.82. The van der Waals surface area contributed by atoms with E-state index >= 15 is 0 Å². The van der Waals surface area contributed by atoms with E-state index < -0.39 is 0 Å². The van der Waals surface area contributed by atoms with Gasteiger partial charge < -0.3 is 9.88 Å². The van der Waals surface area contributed by atoms with Crippen LogP contribution in [0.3, 0.4) is 0 Å². The molecule has 4 heterocycles. The minimum Gasteiger partial charge on any atom is -0.350 e. The van der Waals surface area contributed by atoms with Crippen molar-refractivity contribution in [2.24, 2.45) is 0 Å². The van der Waals surface area contributed by atoms with Gasteiger partial charge in [0.25, 0.3) is 5.56 Å². The fraction of sp³-hybridized carbons (Fsp3) is 0.400. The zero-order valence-corrected chi connectivity index (χ0v) is 13.9. The van der Waals surface area contributed by atoms with Crippen LogP contribution in [0.15, 0.2) is 22.6 Å². The molecule has 3 aromatic rings. The smallest absolute Gasteiger partial charge is 0.262 e. The Morgan fingerprint density at radius 1 is 1.46 bits per heavy atom. The number of carbonyl (C=O) groups excluding carboxylic acids is 1. The molecule has 0 bridgehead atoms. The van der Waals surface area contributed by atoms with Crippen LogP contribution < -0.4 is 10.9 Å². The number of hydrogen-bond acceptors (Lipinski definition) is 6. The average molecular weight is 344 g/mol. The van der Waals surface area contributed by atoms with Gasteiger partial charge in [0.1, 0.15) is 23.0 Å². The van der Waals surface area contributed by atoms with Crippen molar-refractivity contribution in [3.63, 3.8) is 0 Å². The largest absolute Gasteiger partial charge is 0.350 e. The third-order valence-electron chi connectivity index (χ3n) is 4.26. The summed E-state index contributed by atoms with van der Waals surface area (Å²) in [5.41, 5.74) is -0.183. The first-order chi connectivity index (χ1) is 11.6. The van der Waals surface area contributed by atoms with Gasteiger partial charge in [0.15, 0.2) is 0 Å². The van der Waals surface area contributed by atoms with Crippen LogP contribution in [0.5, 0.6) is 0 Å². The summed E-state index contributed by atoms with van der Waals surface area (Å²) in [6, 6.07) is 1.76. The standard InChI is InChI=1S/C15H16N6O2S/c1-9-18-19-12-3-2-10(6-21(9)12)17-13(22)7-20-8-16-14-11(15(20)23)4-5-24-14/h4-5,8,10H,2-3,6-7H2,1H3,(H,17,22). The minimum atomic E-state index is -0.187. The van der Waals surface area contributed by atoms with Crippen LogP contribution >= 0.6 is 11.3 Å². The van der Waals surface area contributed by atoms with Gasteiger partial charge in [-0.15, -0.1) is 21.5 Å². The van der Waals surface area contributed by atoms with Gasteiger partial charge in [-0.2, -0.15) is 0 Å². The highest BCUT2D eigenvalue weighted by Gasteiger charge is 2.23. The van der Waals surface area contributed by atoms with E-state index in [0.29, 0.717) is 16.8 Å². The Labute approximate surface area is 141 Å². The van der Waals surface area contributed by atoms with Crippen molar-refractivity contribution in [3.8, 4) is 0 Å². The van der Waals surface area contributed by atoms with Crippen molar-refractivity contribution < 1.29 is 4.79 Å². The second-order valence-corrected chi connectivity index (χ2v) is 6.79. The molecular formula is C15H16N6O2S. The monoisotopic (exact) mass is 344 g/mol. The highest BCUT2D eigenvalue weighted by molar-refractivity contribution is 7.16. The maximum absolute atomic E-state index is 12.3. The van der Waals surface area contributed by atoms with Gasteiger partial charge in [-0.1, -0.05) is 0 Å². The summed E-state index contributed by atoms with van der Waals surface area (Å²) in [5, 5.41) is 13.6. The summed E-state index contributed by atoms with van der Waals surface area (Å²) in [6.45, 7) is 2.54. The molecule has 0 aliphatic carbocycles. The summed E-state index contributed by atoms with van der Waals surface area (Å²) in [4.78, 5) is 29.5. The van der Waals surface area contributed by atoms with Gasteiger partial charge in [-0.05, 0) is 24.8 Å². The normalized spacial score (nSPS) is 17.0. The molecule has 1 unspecified atom stereocenters. The summed E-state index contributed by atoms with van der Waals surface area (Å²) < 4.78 is 3.38. The number of aryl methyl sites for hydroxylation is 2. The molecule has 0 saturated carbocycles. The van der Waals surface area contributed by atoms with Crippen LogP contribution in [-0.2, 0) is 24.3 Å². The zero-order valence-electron chi connectivity index (χ0n) is 13.1. The Morgan fingerprint density at radius 2 is 2.33 bits per heavy atom. The molecule has 8 nitrogen and oxygen atoms in total. The number of nitrogens with zero attached hydrogens (tertiary/aromatic N) is 5. The van der Waals surface area contributed by atoms with E-state index in [1.54, 1.807) is 6.07 Å². The van der Waals surface area contributed by atoms with Crippen LogP contribution in [0.1, 0.15) is 18.1 Å². The first kappa shape index (κ1) is 15.0. The van der Waals surface area contributed by atoms with E-state index in [1.165, 1.54) is 22.2 Å². The molecule has 1 amide bonds. The van der Waals surface area contributed by atoms with Crippen molar-refractivity contribution in [2.45, 2.75) is 38.9 Å². The van der Waals surface area contributed by atoms with Crippen LogP contribution in [0.4, 0.5) is 0 Å². The number of hydrogen-bond donors (Lipinski definition) is 1. The SMILES string of the molecule is Cc1nnc2n1CC(NC(=O)Cn1cnc3sccc3c1=O)CC2. The Kier molecular flexibility index (Phi) is 3.64. The van der Waals surface area contributed by atoms with E-state index in [1.807, 2.05) is 16.9 Å². The van der Waals surface area contributed by atoms with Crippen molar-refractivity contribution in [1.82, 2.24) is 29.6 Å². The molecular weight excluding hydrogens is 328 g/mol. The van der Waals surface area contributed by atoms with E-state index in [-0.39, 0.29) is 24.1 Å². The summed E-state index contributed by atoms with van der Waals surface area (Å²) in [5.74, 6) is 1.63. The average Bonchev–Trinajstić information content (AvgIpc) is 3.18. The van der Waals surface area contributed by atoms with Crippen LogP contribution in [-0.4, -0.2) is 36.3 Å². The maximum atomic E-state index is 12.3. The molecule has 0 aromatic carbocycles. The van der Waals surface area contributed by atoms with Gasteiger partial charge in [-0.3, -0.25) is 14.2 Å². The molecule has 0 radical (unpaired) electrons. The van der Waals surface area contributed by atoms with E-state index in [0.717, 1.165) is 24.5 Å². The fourth-order valence-electron chi connectivity index (χ4n) is 3.01. The molecule has 1 aliphatic rings. The van der Waals surface area contributed by atoms with Crippen molar-refractivity contribution in [3.05, 3.63) is 39.8 Å². The Hall–Kier alpha value is -2.55. The van der Waals surface area contributed by atoms with Crippen molar-refractivity contribution in [2.75, 3.05) is 0 Å². The molecule has 24 heavy (non-hydrogen) atoms. The highest BCUT2D eigenvalue weighted by atomic mass is 32.1. The van der Waals surface area contributed by atoms with Gasteiger partial charge in [0.2, 0.25) is 5.91 Å². The molecule has 9 heteroatoms. The Morgan fingerprint density at radius 3 is 3.21 bits per heavy atom. The Balaban J connectivity index is 1.46. The van der Waals surface area contributed by atoms with Crippen molar-refractivity contribution >= 4 is 27.5 Å². The van der Waals surface area contributed by atoms with Crippen LogP contribution in [0.2, 0.25) is 0 Å².